The standard InChI is InChI=1S/C8H16N4O2/c9-7(13)11-5-1-2-6(4-3-5)12-8(10)14/h5-6H,1-4H2,(H3,9,11,13)(H3,10,12,14)/t5-,6-. The van der Waals surface area contributed by atoms with Crippen LogP contribution in [0.5, 0.6) is 0 Å². The molecule has 0 heterocycles. The lowest BCUT2D eigenvalue weighted by molar-refractivity contribution is 0.229. The topological polar surface area (TPSA) is 110 Å². The van der Waals surface area contributed by atoms with E-state index in [2.05, 4.69) is 10.6 Å². The van der Waals surface area contributed by atoms with Gasteiger partial charge in [-0.15, -0.1) is 0 Å². The molecule has 0 bridgehead atoms. The molecule has 0 atom stereocenters. The van der Waals surface area contributed by atoms with E-state index in [0.717, 1.165) is 25.7 Å². The first-order valence-corrected chi connectivity index (χ1v) is 4.70. The molecule has 0 spiro atoms. The fraction of sp³-hybridized carbons (Fsp3) is 0.750. The van der Waals surface area contributed by atoms with Crippen LogP contribution in [0.4, 0.5) is 9.59 Å². The zero-order valence-electron chi connectivity index (χ0n) is 7.95. The van der Waals surface area contributed by atoms with Gasteiger partial charge in [-0.25, -0.2) is 9.59 Å². The first-order chi connectivity index (χ1) is 6.58. The molecule has 1 rings (SSSR count). The van der Waals surface area contributed by atoms with Crippen molar-refractivity contribution in [2.24, 2.45) is 11.5 Å². The first-order valence-electron chi connectivity index (χ1n) is 4.70. The van der Waals surface area contributed by atoms with E-state index in [4.69, 9.17) is 11.5 Å². The summed E-state index contributed by atoms with van der Waals surface area (Å²) >= 11 is 0. The van der Waals surface area contributed by atoms with Gasteiger partial charge in [0.15, 0.2) is 0 Å². The number of nitrogens with two attached hydrogens (primary N) is 2. The monoisotopic (exact) mass is 200 g/mol. The number of rotatable bonds is 2. The van der Waals surface area contributed by atoms with E-state index in [1.54, 1.807) is 0 Å². The highest BCUT2D eigenvalue weighted by atomic mass is 16.2. The van der Waals surface area contributed by atoms with Crippen molar-refractivity contribution in [3.63, 3.8) is 0 Å². The molecule has 0 unspecified atom stereocenters. The fourth-order valence-electron chi connectivity index (χ4n) is 1.78. The minimum absolute atomic E-state index is 0.137. The second-order valence-corrected chi connectivity index (χ2v) is 3.57. The van der Waals surface area contributed by atoms with Gasteiger partial charge in [0.1, 0.15) is 0 Å². The van der Waals surface area contributed by atoms with Crippen molar-refractivity contribution < 1.29 is 9.59 Å². The minimum Gasteiger partial charge on any atom is -0.352 e. The highest BCUT2D eigenvalue weighted by Gasteiger charge is 2.22. The quantitative estimate of drug-likeness (QED) is 0.488. The molecule has 0 saturated heterocycles. The number of nitrogens with one attached hydrogen (secondary N) is 2. The average Bonchev–Trinajstić information content (AvgIpc) is 2.06. The van der Waals surface area contributed by atoms with E-state index in [1.807, 2.05) is 0 Å². The van der Waals surface area contributed by atoms with Crippen LogP contribution in [0, 0.1) is 0 Å². The maximum atomic E-state index is 10.5. The molecule has 80 valence electrons. The zero-order valence-corrected chi connectivity index (χ0v) is 7.95. The molecule has 0 aliphatic heterocycles. The SMILES string of the molecule is NC(=O)N[C@H]1CC[C@H](NC(N)=O)CC1. The molecule has 14 heavy (non-hydrogen) atoms. The predicted molar refractivity (Wildman–Crippen MR) is 51.5 cm³/mol. The Hall–Kier alpha value is -1.46. The van der Waals surface area contributed by atoms with Crippen molar-refractivity contribution in [2.45, 2.75) is 37.8 Å². The third-order valence-corrected chi connectivity index (χ3v) is 2.42. The van der Waals surface area contributed by atoms with Crippen LogP contribution in [0.25, 0.3) is 0 Å². The van der Waals surface area contributed by atoms with Crippen molar-refractivity contribution in [3.8, 4) is 0 Å². The number of primary amides is 2. The van der Waals surface area contributed by atoms with Crippen LogP contribution >= 0.6 is 0 Å². The van der Waals surface area contributed by atoms with Crippen molar-refractivity contribution in [1.82, 2.24) is 10.6 Å². The smallest absolute Gasteiger partial charge is 0.312 e. The Kier molecular flexibility index (Phi) is 3.55. The molecule has 6 N–H and O–H groups in total. The Morgan fingerprint density at radius 3 is 1.36 bits per heavy atom. The van der Waals surface area contributed by atoms with E-state index < -0.39 is 12.1 Å². The number of carbonyl (C=O) groups excluding carboxylic acids is 2. The molecule has 4 amide bonds. The molecule has 0 aromatic carbocycles. The molecule has 1 fully saturated rings. The van der Waals surface area contributed by atoms with Gasteiger partial charge in [-0.1, -0.05) is 0 Å². The summed E-state index contributed by atoms with van der Waals surface area (Å²) in [5.74, 6) is 0. The van der Waals surface area contributed by atoms with Crippen molar-refractivity contribution >= 4 is 12.1 Å². The summed E-state index contributed by atoms with van der Waals surface area (Å²) in [7, 11) is 0. The lowest BCUT2D eigenvalue weighted by Crippen LogP contribution is -2.46. The van der Waals surface area contributed by atoms with Crippen molar-refractivity contribution in [2.75, 3.05) is 0 Å². The highest BCUT2D eigenvalue weighted by Crippen LogP contribution is 2.18. The normalized spacial score (nSPS) is 26.6. The van der Waals surface area contributed by atoms with E-state index in [0.29, 0.717) is 0 Å². The third-order valence-electron chi connectivity index (χ3n) is 2.42. The van der Waals surface area contributed by atoms with Gasteiger partial charge >= 0.3 is 12.1 Å². The number of hydrogen-bond acceptors (Lipinski definition) is 2. The minimum atomic E-state index is -0.490. The van der Waals surface area contributed by atoms with Crippen LogP contribution in [0.3, 0.4) is 0 Å². The summed E-state index contributed by atoms with van der Waals surface area (Å²) < 4.78 is 0. The Balaban J connectivity index is 2.24. The third kappa shape index (κ3) is 3.51. The summed E-state index contributed by atoms with van der Waals surface area (Å²) in [6.45, 7) is 0. The Morgan fingerprint density at radius 2 is 1.14 bits per heavy atom. The maximum Gasteiger partial charge on any atom is 0.312 e. The highest BCUT2D eigenvalue weighted by molar-refractivity contribution is 5.72. The van der Waals surface area contributed by atoms with Gasteiger partial charge in [0.2, 0.25) is 0 Å². The molecule has 0 aromatic rings. The molecule has 0 aromatic heterocycles. The van der Waals surface area contributed by atoms with Crippen LogP contribution in [0.1, 0.15) is 25.7 Å². The molecule has 0 radical (unpaired) electrons. The Morgan fingerprint density at radius 1 is 0.857 bits per heavy atom. The second-order valence-electron chi connectivity index (χ2n) is 3.57. The van der Waals surface area contributed by atoms with Crippen LogP contribution in [-0.2, 0) is 0 Å². The number of hydrogen-bond donors (Lipinski definition) is 4. The van der Waals surface area contributed by atoms with Gasteiger partial charge in [0.25, 0.3) is 0 Å². The second kappa shape index (κ2) is 4.69. The van der Waals surface area contributed by atoms with E-state index >= 15 is 0 Å². The summed E-state index contributed by atoms with van der Waals surface area (Å²) in [5.41, 5.74) is 10.00. The van der Waals surface area contributed by atoms with Crippen molar-refractivity contribution in [1.29, 1.82) is 0 Å². The van der Waals surface area contributed by atoms with Gasteiger partial charge in [-0.05, 0) is 25.7 Å². The molecule has 1 aliphatic carbocycles. The summed E-state index contributed by atoms with van der Waals surface area (Å²) in [5, 5.41) is 5.30. The summed E-state index contributed by atoms with van der Waals surface area (Å²) in [4.78, 5) is 21.1. The average molecular weight is 200 g/mol. The van der Waals surface area contributed by atoms with Gasteiger partial charge < -0.3 is 22.1 Å². The number of urea groups is 2. The predicted octanol–water partition coefficient (Wildman–Crippen LogP) is -0.366. The Bertz CT molecular complexity index is 199. The molecular weight excluding hydrogens is 184 g/mol. The van der Waals surface area contributed by atoms with Crippen LogP contribution in [0.15, 0.2) is 0 Å². The van der Waals surface area contributed by atoms with Gasteiger partial charge in [0, 0.05) is 12.1 Å². The zero-order chi connectivity index (χ0) is 10.6. The van der Waals surface area contributed by atoms with E-state index in [1.165, 1.54) is 0 Å². The number of carbonyl (C=O) groups is 2. The molecule has 6 nitrogen and oxygen atoms in total. The van der Waals surface area contributed by atoms with Gasteiger partial charge in [-0.3, -0.25) is 0 Å². The summed E-state index contributed by atoms with van der Waals surface area (Å²) in [6.07, 6.45) is 3.31. The lowest BCUT2D eigenvalue weighted by Gasteiger charge is -2.28. The molecular formula is C8H16N4O2. The lowest BCUT2D eigenvalue weighted by atomic mass is 9.91. The maximum absolute atomic E-state index is 10.5. The fourth-order valence-corrected chi connectivity index (χ4v) is 1.78. The molecule has 6 heteroatoms. The molecule has 1 aliphatic rings. The summed E-state index contributed by atoms with van der Waals surface area (Å²) in [6, 6.07) is -0.704. The van der Waals surface area contributed by atoms with Crippen LogP contribution in [-0.4, -0.2) is 24.1 Å². The van der Waals surface area contributed by atoms with Crippen LogP contribution in [0.2, 0.25) is 0 Å². The van der Waals surface area contributed by atoms with Gasteiger partial charge in [-0.2, -0.15) is 0 Å². The van der Waals surface area contributed by atoms with E-state index in [9.17, 15) is 9.59 Å². The first kappa shape index (κ1) is 10.6. The number of amides is 4. The van der Waals surface area contributed by atoms with Gasteiger partial charge in [0.05, 0.1) is 0 Å². The Labute approximate surface area is 82.4 Å². The van der Waals surface area contributed by atoms with E-state index in [-0.39, 0.29) is 12.1 Å². The largest absolute Gasteiger partial charge is 0.352 e. The van der Waals surface area contributed by atoms with Crippen LogP contribution < -0.4 is 22.1 Å². The molecule has 1 saturated carbocycles. The van der Waals surface area contributed by atoms with Crippen molar-refractivity contribution in [3.05, 3.63) is 0 Å².